The molecule has 0 amide bonds. The lowest BCUT2D eigenvalue weighted by Crippen LogP contribution is -2.33. The highest BCUT2D eigenvalue weighted by Gasteiger charge is 2.15. The number of nitrogens with zero attached hydrogens (tertiary/aromatic N) is 1. The van der Waals surface area contributed by atoms with Crippen molar-refractivity contribution in [2.75, 3.05) is 36.1 Å². The Kier molecular flexibility index (Phi) is 4.86. The molecule has 1 unspecified atom stereocenters. The molecule has 1 fully saturated rings. The summed E-state index contributed by atoms with van der Waals surface area (Å²) in [5.41, 5.74) is 0. The van der Waals surface area contributed by atoms with E-state index in [0.29, 0.717) is 0 Å². The van der Waals surface area contributed by atoms with E-state index < -0.39 is 0 Å². The topological polar surface area (TPSA) is 24.4 Å². The molecule has 0 radical (unpaired) electrons. The van der Waals surface area contributed by atoms with Gasteiger partial charge in [-0.15, -0.1) is 0 Å². The van der Waals surface area contributed by atoms with Gasteiger partial charge in [-0.3, -0.25) is 4.99 Å². The zero-order valence-electron chi connectivity index (χ0n) is 8.20. The average Bonchev–Trinajstić information content (AvgIpc) is 2.29. The van der Waals surface area contributed by atoms with Crippen LogP contribution in [0.2, 0.25) is 0 Å². The van der Waals surface area contributed by atoms with Gasteiger partial charge in [-0.2, -0.15) is 23.5 Å². The van der Waals surface area contributed by atoms with Crippen LogP contribution in [0.5, 0.6) is 0 Å². The summed E-state index contributed by atoms with van der Waals surface area (Å²) in [7, 11) is 0. The van der Waals surface area contributed by atoms with Crippen molar-refractivity contribution < 1.29 is 0 Å². The summed E-state index contributed by atoms with van der Waals surface area (Å²) in [4.78, 5) is 4.47. The normalized spacial score (nSPS) is 28.3. The van der Waals surface area contributed by atoms with Crippen LogP contribution < -0.4 is 5.32 Å². The fraction of sp³-hybridized carbons (Fsp3) is 0.889. The van der Waals surface area contributed by atoms with E-state index in [1.165, 1.54) is 34.6 Å². The molecule has 2 heterocycles. The molecule has 1 saturated heterocycles. The zero-order valence-corrected chi connectivity index (χ0v) is 10.6. The highest BCUT2D eigenvalue weighted by atomic mass is 32.2. The van der Waals surface area contributed by atoms with E-state index in [1.54, 1.807) is 0 Å². The number of hydrogen-bond acceptors (Lipinski definition) is 5. The van der Waals surface area contributed by atoms with E-state index in [-0.39, 0.29) is 0 Å². The molecular formula is C9H16N2S3. The van der Waals surface area contributed by atoms with Crippen LogP contribution >= 0.6 is 35.3 Å². The molecule has 0 aliphatic carbocycles. The predicted octanol–water partition coefficient (Wildman–Crippen LogP) is 1.92. The fourth-order valence-electron chi connectivity index (χ4n) is 1.42. The van der Waals surface area contributed by atoms with Gasteiger partial charge in [0.15, 0.2) is 5.17 Å². The lowest BCUT2D eigenvalue weighted by Gasteiger charge is -2.22. The molecule has 0 bridgehead atoms. The minimum Gasteiger partial charge on any atom is -0.364 e. The van der Waals surface area contributed by atoms with Crippen LogP contribution in [0.15, 0.2) is 4.99 Å². The van der Waals surface area contributed by atoms with E-state index in [9.17, 15) is 0 Å². The average molecular weight is 248 g/mol. The van der Waals surface area contributed by atoms with Crippen LogP contribution in [0.1, 0.15) is 6.42 Å². The van der Waals surface area contributed by atoms with E-state index in [1.807, 2.05) is 11.8 Å². The molecule has 0 saturated carbocycles. The molecule has 2 aliphatic heterocycles. The van der Waals surface area contributed by atoms with Gasteiger partial charge < -0.3 is 5.32 Å². The lowest BCUT2D eigenvalue weighted by molar-refractivity contribution is 0.848. The first-order valence-corrected chi connectivity index (χ1v) is 8.24. The first-order chi connectivity index (χ1) is 6.95. The minimum absolute atomic E-state index is 0.791. The van der Waals surface area contributed by atoms with Gasteiger partial charge in [-0.25, -0.2) is 0 Å². The monoisotopic (exact) mass is 248 g/mol. The lowest BCUT2D eigenvalue weighted by atomic mass is 10.5. The smallest absolute Gasteiger partial charge is 0.156 e. The fourth-order valence-corrected chi connectivity index (χ4v) is 4.87. The Bertz CT molecular complexity index is 202. The molecular weight excluding hydrogens is 232 g/mol. The Morgan fingerprint density at radius 1 is 1.36 bits per heavy atom. The van der Waals surface area contributed by atoms with Crippen LogP contribution in [-0.4, -0.2) is 46.5 Å². The van der Waals surface area contributed by atoms with Crippen molar-refractivity contribution in [3.05, 3.63) is 0 Å². The van der Waals surface area contributed by atoms with E-state index >= 15 is 0 Å². The number of hydrogen-bond donors (Lipinski definition) is 1. The molecule has 5 heteroatoms. The van der Waals surface area contributed by atoms with Crippen molar-refractivity contribution in [3.63, 3.8) is 0 Å². The Labute approximate surface area is 98.5 Å². The molecule has 0 spiro atoms. The van der Waals surface area contributed by atoms with Crippen molar-refractivity contribution in [2.24, 2.45) is 4.99 Å². The van der Waals surface area contributed by atoms with Gasteiger partial charge in [0.05, 0.1) is 0 Å². The molecule has 0 aromatic rings. The largest absolute Gasteiger partial charge is 0.364 e. The molecule has 0 aromatic heterocycles. The van der Waals surface area contributed by atoms with Crippen molar-refractivity contribution >= 4 is 40.5 Å². The maximum atomic E-state index is 4.47. The van der Waals surface area contributed by atoms with Crippen molar-refractivity contribution in [1.82, 2.24) is 5.32 Å². The highest BCUT2D eigenvalue weighted by Crippen LogP contribution is 2.23. The Balaban J connectivity index is 1.67. The standard InChI is InChI=1S/C9H16N2S3/c1-2-10-9(14-3-1)11-6-8-7-12-4-5-13-8/h8H,1-7H2,(H,10,11). The second-order valence-electron chi connectivity index (χ2n) is 3.34. The van der Waals surface area contributed by atoms with Crippen molar-refractivity contribution in [2.45, 2.75) is 11.7 Å². The van der Waals surface area contributed by atoms with Gasteiger partial charge in [0.25, 0.3) is 0 Å². The second-order valence-corrected chi connectivity index (χ2v) is 6.98. The first-order valence-electron chi connectivity index (χ1n) is 5.05. The van der Waals surface area contributed by atoms with E-state index in [4.69, 9.17) is 0 Å². The summed E-state index contributed by atoms with van der Waals surface area (Å²) in [6.45, 7) is 2.12. The second kappa shape index (κ2) is 6.18. The van der Waals surface area contributed by atoms with Gasteiger partial charge in [0.2, 0.25) is 0 Å². The number of amidine groups is 1. The highest BCUT2D eigenvalue weighted by molar-refractivity contribution is 8.13. The quantitative estimate of drug-likeness (QED) is 0.807. The summed E-state index contributed by atoms with van der Waals surface area (Å²) in [5, 5.41) is 5.43. The van der Waals surface area contributed by atoms with E-state index in [2.05, 4.69) is 33.8 Å². The third-order valence-corrected chi connectivity index (χ3v) is 6.05. The molecule has 1 N–H and O–H groups in total. The van der Waals surface area contributed by atoms with Crippen LogP contribution in [-0.2, 0) is 0 Å². The Morgan fingerprint density at radius 3 is 3.07 bits per heavy atom. The number of nitrogens with one attached hydrogen (secondary N) is 1. The van der Waals surface area contributed by atoms with Crippen LogP contribution in [0.4, 0.5) is 0 Å². The molecule has 2 nitrogen and oxygen atoms in total. The Morgan fingerprint density at radius 2 is 2.36 bits per heavy atom. The zero-order chi connectivity index (χ0) is 9.64. The molecule has 14 heavy (non-hydrogen) atoms. The molecule has 1 atom stereocenters. The third kappa shape index (κ3) is 3.59. The molecule has 0 aromatic carbocycles. The number of aliphatic imine (C=N–C) groups is 1. The molecule has 2 rings (SSSR count). The first kappa shape index (κ1) is 11.0. The van der Waals surface area contributed by atoms with Crippen molar-refractivity contribution in [3.8, 4) is 0 Å². The van der Waals surface area contributed by atoms with Gasteiger partial charge >= 0.3 is 0 Å². The summed E-state index contributed by atoms with van der Waals surface area (Å²) in [6, 6.07) is 0. The summed E-state index contributed by atoms with van der Waals surface area (Å²) in [5.74, 6) is 5.18. The summed E-state index contributed by atoms with van der Waals surface area (Å²) >= 11 is 6.06. The van der Waals surface area contributed by atoms with Gasteiger partial charge in [-0.1, -0.05) is 11.8 Å². The SMILES string of the molecule is C1CN=C(NCC2CSCCS2)SC1. The molecule has 2 aliphatic rings. The van der Waals surface area contributed by atoms with Crippen molar-refractivity contribution in [1.29, 1.82) is 0 Å². The van der Waals surface area contributed by atoms with Crippen LogP contribution in [0.25, 0.3) is 0 Å². The van der Waals surface area contributed by atoms with E-state index in [0.717, 1.165) is 18.3 Å². The third-order valence-electron chi connectivity index (χ3n) is 2.16. The number of rotatable bonds is 2. The van der Waals surface area contributed by atoms with Gasteiger partial charge in [0, 0.05) is 41.4 Å². The Hall–Kier alpha value is 0.520. The summed E-state index contributed by atoms with van der Waals surface area (Å²) < 4.78 is 0. The minimum atomic E-state index is 0.791. The maximum Gasteiger partial charge on any atom is 0.156 e. The van der Waals surface area contributed by atoms with Gasteiger partial charge in [0.1, 0.15) is 0 Å². The van der Waals surface area contributed by atoms with Gasteiger partial charge in [-0.05, 0) is 6.42 Å². The molecule has 80 valence electrons. The number of thioether (sulfide) groups is 3. The van der Waals surface area contributed by atoms with Crippen LogP contribution in [0.3, 0.4) is 0 Å². The van der Waals surface area contributed by atoms with Crippen LogP contribution in [0, 0.1) is 0 Å². The predicted molar refractivity (Wildman–Crippen MR) is 71.0 cm³/mol. The summed E-state index contributed by atoms with van der Waals surface area (Å²) in [6.07, 6.45) is 1.24. The maximum absolute atomic E-state index is 4.47.